The van der Waals surface area contributed by atoms with E-state index in [0.717, 1.165) is 0 Å². The molecule has 4 N–H and O–H groups in total. The third-order valence-electron chi connectivity index (χ3n) is 0. The summed E-state index contributed by atoms with van der Waals surface area (Å²) in [6, 6.07) is 0. The average Bonchev–Trinajstić information content (AvgIpc) is 1.41. The molecule has 0 saturated heterocycles. The number of hydrogen-bond donors (Lipinski definition) is 0. The Balaban J connectivity index is -0.0000000277. The SMILES string of the molecule is O.O.O=P([O-])([O-])[O-].O=P([O-])([O-])[O-].O=P([O-])([O-])[O-].[Na+]. The molecular weight excluding hydrogens is 340 g/mol. The van der Waals surface area contributed by atoms with Crippen molar-refractivity contribution < 1.29 is 98.2 Å². The van der Waals surface area contributed by atoms with Crippen molar-refractivity contribution in [3.05, 3.63) is 0 Å². The molecule has 0 aromatic heterocycles. The number of rotatable bonds is 0. The summed E-state index contributed by atoms with van der Waals surface area (Å²) in [6.07, 6.45) is 0. The van der Waals surface area contributed by atoms with Crippen LogP contribution >= 0.6 is 23.5 Å². The smallest absolute Gasteiger partial charge is 0.822 e. The van der Waals surface area contributed by atoms with E-state index in [2.05, 4.69) is 0 Å². The fourth-order valence-corrected chi connectivity index (χ4v) is 0. The van der Waals surface area contributed by atoms with Crippen molar-refractivity contribution in [2.45, 2.75) is 0 Å². The number of phosphoric acid groups is 3. The third kappa shape index (κ3) is 2920. The van der Waals surface area contributed by atoms with Gasteiger partial charge in [-0.05, 0) is 0 Å². The maximum absolute atomic E-state index is 8.55. The maximum atomic E-state index is 8.55. The van der Waals surface area contributed by atoms with Gasteiger partial charge in [-0.2, -0.15) is 23.5 Å². The standard InChI is InChI=1S/Na.3H3O4P.2H2O/c;3*1-5(2,3)4;;/h;3*(H3,1,2,3,4);2*1H2/q+1;;;;;/p-9. The zero-order chi connectivity index (χ0) is 13.5. The minimum Gasteiger partial charge on any atom is -0.822 e. The predicted octanol–water partition coefficient (Wildman–Crippen LogP) is -13.1. The van der Waals surface area contributed by atoms with Gasteiger partial charge >= 0.3 is 29.6 Å². The van der Waals surface area contributed by atoms with Crippen molar-refractivity contribution in [2.24, 2.45) is 0 Å². The molecule has 0 spiro atoms. The van der Waals surface area contributed by atoms with E-state index in [0.29, 0.717) is 0 Å². The van der Waals surface area contributed by atoms with Crippen molar-refractivity contribution in [3.8, 4) is 0 Å². The van der Waals surface area contributed by atoms with E-state index in [1.807, 2.05) is 0 Å². The summed E-state index contributed by atoms with van der Waals surface area (Å²) >= 11 is 0. The molecule has 18 heteroatoms. The summed E-state index contributed by atoms with van der Waals surface area (Å²) in [7, 11) is -16.2. The van der Waals surface area contributed by atoms with Crippen LogP contribution in [-0.2, 0) is 13.7 Å². The summed E-state index contributed by atoms with van der Waals surface area (Å²) in [4.78, 5) is 76.9. The Morgan fingerprint density at radius 2 is 0.444 bits per heavy atom. The van der Waals surface area contributed by atoms with Gasteiger partial charge in [0.25, 0.3) is 0 Å². The first-order chi connectivity index (χ1) is 6.00. The molecular formula is H4NaO14P3-8. The second-order valence-corrected chi connectivity index (χ2v) is 4.02. The van der Waals surface area contributed by atoms with Gasteiger partial charge in [-0.1, -0.05) is 0 Å². The van der Waals surface area contributed by atoms with Gasteiger partial charge in [-0.15, -0.1) is 0 Å². The Bertz CT molecular complexity index is 203. The first-order valence-electron chi connectivity index (χ1n) is 2.19. The minimum absolute atomic E-state index is 0. The van der Waals surface area contributed by atoms with Crippen molar-refractivity contribution in [2.75, 3.05) is 0 Å². The molecule has 0 atom stereocenters. The van der Waals surface area contributed by atoms with Crippen LogP contribution in [0.1, 0.15) is 0 Å². The Kier molecular flexibility index (Phi) is 29.7. The second-order valence-electron chi connectivity index (χ2n) is 1.34. The zero-order valence-electron chi connectivity index (χ0n) is 8.24. The fraction of sp³-hybridized carbons (Fsp3) is 0. The largest absolute Gasteiger partial charge is 1.00 e. The summed E-state index contributed by atoms with van der Waals surface area (Å²) in [5.41, 5.74) is 0. The van der Waals surface area contributed by atoms with Gasteiger partial charge in [0.15, 0.2) is 0 Å². The Morgan fingerprint density at radius 3 is 0.444 bits per heavy atom. The minimum atomic E-state index is -5.39. The van der Waals surface area contributed by atoms with Crippen LogP contribution in [0.5, 0.6) is 0 Å². The van der Waals surface area contributed by atoms with Crippen LogP contribution in [0.4, 0.5) is 0 Å². The Morgan fingerprint density at radius 1 is 0.444 bits per heavy atom. The third-order valence-corrected chi connectivity index (χ3v) is 0. The van der Waals surface area contributed by atoms with Crippen LogP contribution in [-0.4, -0.2) is 11.0 Å². The molecule has 0 amide bonds. The first-order valence-corrected chi connectivity index (χ1v) is 6.57. The van der Waals surface area contributed by atoms with Gasteiger partial charge in [0.1, 0.15) is 0 Å². The van der Waals surface area contributed by atoms with Crippen LogP contribution in [0.25, 0.3) is 0 Å². The molecule has 0 unspecified atom stereocenters. The van der Waals surface area contributed by atoms with E-state index in [1.54, 1.807) is 0 Å². The molecule has 0 saturated carbocycles. The molecule has 112 valence electrons. The molecule has 0 aliphatic heterocycles. The van der Waals surface area contributed by atoms with E-state index in [1.165, 1.54) is 0 Å². The second kappa shape index (κ2) is 14.7. The maximum Gasteiger partial charge on any atom is 1.00 e. The van der Waals surface area contributed by atoms with E-state index in [-0.39, 0.29) is 40.5 Å². The summed E-state index contributed by atoms with van der Waals surface area (Å²) in [6.45, 7) is 0. The summed E-state index contributed by atoms with van der Waals surface area (Å²) < 4.78 is 25.6. The molecule has 0 aromatic rings. The zero-order valence-corrected chi connectivity index (χ0v) is 12.9. The summed E-state index contributed by atoms with van der Waals surface area (Å²) in [5.74, 6) is 0. The molecule has 0 fully saturated rings. The van der Waals surface area contributed by atoms with Gasteiger partial charge in [0.2, 0.25) is 0 Å². The van der Waals surface area contributed by atoms with Crippen LogP contribution in [0, 0.1) is 0 Å². The van der Waals surface area contributed by atoms with Gasteiger partial charge in [0, 0.05) is 0 Å². The summed E-state index contributed by atoms with van der Waals surface area (Å²) in [5, 5.41) is 0. The van der Waals surface area contributed by atoms with Crippen LogP contribution in [0.2, 0.25) is 0 Å². The first kappa shape index (κ1) is 36.5. The quantitative estimate of drug-likeness (QED) is 0.292. The molecule has 18 heavy (non-hydrogen) atoms. The van der Waals surface area contributed by atoms with Gasteiger partial charge in [-0.25, -0.2) is 0 Å². The Labute approximate surface area is 122 Å². The van der Waals surface area contributed by atoms with Crippen molar-refractivity contribution >= 4 is 23.5 Å². The monoisotopic (exact) mass is 344 g/mol. The van der Waals surface area contributed by atoms with Crippen molar-refractivity contribution in [3.63, 3.8) is 0 Å². The molecule has 0 bridgehead atoms. The van der Waals surface area contributed by atoms with Crippen LogP contribution in [0.3, 0.4) is 0 Å². The Hall–Kier alpha value is 1.25. The van der Waals surface area contributed by atoms with E-state index in [9.17, 15) is 0 Å². The van der Waals surface area contributed by atoms with Crippen LogP contribution < -0.4 is 73.6 Å². The topological polar surface area (TPSA) is 322 Å². The average molecular weight is 344 g/mol. The normalized spacial score (nSPS) is 9.83. The van der Waals surface area contributed by atoms with Gasteiger partial charge < -0.3 is 68.7 Å². The number of hydrogen-bond acceptors (Lipinski definition) is 12. The van der Waals surface area contributed by atoms with Crippen molar-refractivity contribution in [1.82, 2.24) is 0 Å². The van der Waals surface area contributed by atoms with Crippen LogP contribution in [0.15, 0.2) is 0 Å². The van der Waals surface area contributed by atoms with Gasteiger partial charge in [-0.3, -0.25) is 0 Å². The molecule has 0 radical (unpaired) electrons. The molecule has 0 aliphatic carbocycles. The molecule has 0 heterocycles. The fourth-order valence-electron chi connectivity index (χ4n) is 0. The molecule has 14 nitrogen and oxygen atoms in total. The molecule has 0 aliphatic rings. The molecule has 0 rings (SSSR count). The molecule has 0 aromatic carbocycles. The van der Waals surface area contributed by atoms with Crippen molar-refractivity contribution in [1.29, 1.82) is 0 Å². The van der Waals surface area contributed by atoms with E-state index >= 15 is 0 Å². The predicted molar refractivity (Wildman–Crippen MR) is 30.0 cm³/mol. The van der Waals surface area contributed by atoms with E-state index < -0.39 is 23.5 Å². The van der Waals surface area contributed by atoms with E-state index in [4.69, 9.17) is 57.7 Å². The van der Waals surface area contributed by atoms with Gasteiger partial charge in [0.05, 0.1) is 0 Å².